The van der Waals surface area contributed by atoms with Gasteiger partial charge in [-0.15, -0.1) is 0 Å². The molecule has 11 heteroatoms. The summed E-state index contributed by atoms with van der Waals surface area (Å²) in [6, 6.07) is 9.94. The maximum atomic E-state index is 13.5. The first-order chi connectivity index (χ1) is 16.3. The Bertz CT molecular complexity index is 1380. The highest BCUT2D eigenvalue weighted by molar-refractivity contribution is 6.03. The minimum atomic E-state index is -4.55. The molecule has 174 valence electrons. The van der Waals surface area contributed by atoms with Crippen molar-refractivity contribution in [3.63, 3.8) is 0 Å². The molecule has 5 rings (SSSR count). The van der Waals surface area contributed by atoms with Crippen molar-refractivity contribution in [3.8, 4) is 11.3 Å². The number of halogens is 3. The Morgan fingerprint density at radius 3 is 2.56 bits per heavy atom. The van der Waals surface area contributed by atoms with Crippen LogP contribution in [-0.2, 0) is 6.18 Å². The average molecular weight is 467 g/mol. The van der Waals surface area contributed by atoms with E-state index in [1.54, 1.807) is 19.2 Å². The molecule has 1 N–H and O–H groups in total. The molecule has 1 saturated heterocycles. The number of amides is 1. The summed E-state index contributed by atoms with van der Waals surface area (Å²) in [4.78, 5) is 28.1. The Hall–Kier alpha value is -4.02. The molecule has 0 aliphatic carbocycles. The fourth-order valence-electron chi connectivity index (χ4n) is 4.09. The predicted molar refractivity (Wildman–Crippen MR) is 120 cm³/mol. The number of carbonyl (C=O) groups is 1. The van der Waals surface area contributed by atoms with Gasteiger partial charge in [0.15, 0.2) is 11.3 Å². The minimum Gasteiger partial charge on any atom is -0.356 e. The third kappa shape index (κ3) is 4.04. The summed E-state index contributed by atoms with van der Waals surface area (Å²) in [6.45, 7) is 3.42. The summed E-state index contributed by atoms with van der Waals surface area (Å²) in [7, 11) is 0. The highest BCUT2D eigenvalue weighted by Crippen LogP contribution is 2.36. The van der Waals surface area contributed by atoms with Crippen molar-refractivity contribution in [2.75, 3.05) is 23.3 Å². The number of aryl methyl sites for hydroxylation is 1. The molecule has 1 amide bonds. The van der Waals surface area contributed by atoms with Crippen LogP contribution in [0.4, 0.5) is 24.9 Å². The molecular weight excluding hydrogens is 447 g/mol. The summed E-state index contributed by atoms with van der Waals surface area (Å²) < 4.78 is 41.8. The van der Waals surface area contributed by atoms with E-state index >= 15 is 0 Å². The number of alkyl halides is 3. The number of hydrogen-bond acceptors (Lipinski definition) is 6. The van der Waals surface area contributed by atoms with Crippen molar-refractivity contribution in [3.05, 3.63) is 65.6 Å². The Morgan fingerprint density at radius 1 is 1.03 bits per heavy atom. The number of nitrogens with one attached hydrogen (secondary N) is 1. The average Bonchev–Trinajstić information content (AvgIpc) is 3.45. The van der Waals surface area contributed by atoms with E-state index in [4.69, 9.17) is 0 Å². The van der Waals surface area contributed by atoms with Crippen LogP contribution in [0.2, 0.25) is 0 Å². The Labute approximate surface area is 192 Å². The molecule has 1 aromatic carbocycles. The van der Waals surface area contributed by atoms with Crippen LogP contribution in [0.15, 0.2) is 48.7 Å². The molecule has 4 heterocycles. The molecule has 0 spiro atoms. The lowest BCUT2D eigenvalue weighted by atomic mass is 10.0. The maximum absolute atomic E-state index is 13.5. The van der Waals surface area contributed by atoms with Crippen LogP contribution in [-0.4, -0.2) is 43.6 Å². The summed E-state index contributed by atoms with van der Waals surface area (Å²) in [5, 5.41) is 7.00. The summed E-state index contributed by atoms with van der Waals surface area (Å²) in [6.07, 6.45) is -0.811. The molecule has 1 aliphatic heterocycles. The normalized spacial score (nSPS) is 14.1. The highest BCUT2D eigenvalue weighted by atomic mass is 19.4. The SMILES string of the molecule is Cc1nc2ccc(-c3ccccc3C(F)(F)F)nn2c1C(=O)Nc1nccc(N2CCCC2)n1. The van der Waals surface area contributed by atoms with Crippen molar-refractivity contribution in [1.29, 1.82) is 0 Å². The lowest BCUT2D eigenvalue weighted by Crippen LogP contribution is -2.22. The second kappa shape index (κ2) is 8.40. The third-order valence-corrected chi connectivity index (χ3v) is 5.67. The lowest BCUT2D eigenvalue weighted by Gasteiger charge is -2.16. The maximum Gasteiger partial charge on any atom is 0.417 e. The quantitative estimate of drug-likeness (QED) is 0.480. The molecule has 0 unspecified atom stereocenters. The van der Waals surface area contributed by atoms with Gasteiger partial charge in [-0.1, -0.05) is 18.2 Å². The number of aromatic nitrogens is 5. The first kappa shape index (κ1) is 21.8. The van der Waals surface area contributed by atoms with Gasteiger partial charge in [0.25, 0.3) is 5.91 Å². The molecule has 1 aliphatic rings. The van der Waals surface area contributed by atoms with Crippen molar-refractivity contribution >= 4 is 23.3 Å². The monoisotopic (exact) mass is 467 g/mol. The second-order valence-corrected chi connectivity index (χ2v) is 7.96. The van der Waals surface area contributed by atoms with Gasteiger partial charge in [0.1, 0.15) is 5.82 Å². The minimum absolute atomic E-state index is 0.0687. The second-order valence-electron chi connectivity index (χ2n) is 7.96. The summed E-state index contributed by atoms with van der Waals surface area (Å²) in [5.74, 6) is 0.293. The predicted octanol–water partition coefficient (Wildman–Crippen LogP) is 4.37. The number of benzene rings is 1. The Kier molecular flexibility index (Phi) is 5.39. The summed E-state index contributed by atoms with van der Waals surface area (Å²) in [5.41, 5.74) is -0.0201. The number of anilines is 2. The van der Waals surface area contributed by atoms with Crippen LogP contribution >= 0.6 is 0 Å². The van der Waals surface area contributed by atoms with Gasteiger partial charge in [-0.25, -0.2) is 14.5 Å². The lowest BCUT2D eigenvalue weighted by molar-refractivity contribution is -0.137. The van der Waals surface area contributed by atoms with E-state index in [2.05, 4.69) is 30.3 Å². The number of rotatable bonds is 4. The Balaban J connectivity index is 1.51. The molecule has 0 radical (unpaired) electrons. The van der Waals surface area contributed by atoms with Crippen LogP contribution in [0.25, 0.3) is 16.9 Å². The zero-order valence-electron chi connectivity index (χ0n) is 18.2. The van der Waals surface area contributed by atoms with E-state index in [1.807, 2.05) is 0 Å². The van der Waals surface area contributed by atoms with Crippen LogP contribution in [0.3, 0.4) is 0 Å². The molecule has 1 fully saturated rings. The van der Waals surface area contributed by atoms with E-state index in [0.717, 1.165) is 37.8 Å². The molecule has 0 saturated carbocycles. The van der Waals surface area contributed by atoms with E-state index in [-0.39, 0.29) is 22.9 Å². The fourth-order valence-corrected chi connectivity index (χ4v) is 4.09. The largest absolute Gasteiger partial charge is 0.417 e. The molecule has 0 bridgehead atoms. The molecule has 34 heavy (non-hydrogen) atoms. The molecule has 0 atom stereocenters. The smallest absolute Gasteiger partial charge is 0.356 e. The number of carbonyl (C=O) groups excluding carboxylic acids is 1. The van der Waals surface area contributed by atoms with Crippen LogP contribution in [0.1, 0.15) is 34.6 Å². The standard InChI is InChI=1S/C23H20F3N7O/c1-14-20(21(34)30-22-27-11-10-18(29-22)32-12-4-5-13-32)33-19(28-14)9-8-17(31-33)15-6-2-3-7-16(15)23(24,25)26/h2-3,6-11H,4-5,12-13H2,1H3,(H,27,29,30,34). The van der Waals surface area contributed by atoms with Crippen molar-refractivity contribution < 1.29 is 18.0 Å². The van der Waals surface area contributed by atoms with Gasteiger partial charge >= 0.3 is 6.18 Å². The topological polar surface area (TPSA) is 88.3 Å². The fraction of sp³-hybridized carbons (Fsp3) is 0.261. The molecule has 3 aromatic heterocycles. The van der Waals surface area contributed by atoms with E-state index in [1.165, 1.54) is 34.8 Å². The number of nitrogens with zero attached hydrogens (tertiary/aromatic N) is 6. The van der Waals surface area contributed by atoms with Gasteiger partial charge < -0.3 is 4.90 Å². The van der Waals surface area contributed by atoms with E-state index in [9.17, 15) is 18.0 Å². The van der Waals surface area contributed by atoms with Gasteiger partial charge in [0.2, 0.25) is 5.95 Å². The highest BCUT2D eigenvalue weighted by Gasteiger charge is 2.34. The first-order valence-electron chi connectivity index (χ1n) is 10.7. The van der Waals surface area contributed by atoms with Crippen molar-refractivity contribution in [2.45, 2.75) is 25.9 Å². The summed E-state index contributed by atoms with van der Waals surface area (Å²) >= 11 is 0. The van der Waals surface area contributed by atoms with Crippen molar-refractivity contribution in [2.24, 2.45) is 0 Å². The van der Waals surface area contributed by atoms with Crippen LogP contribution < -0.4 is 10.2 Å². The van der Waals surface area contributed by atoms with E-state index < -0.39 is 17.6 Å². The van der Waals surface area contributed by atoms with Gasteiger partial charge in [0.05, 0.1) is 17.0 Å². The van der Waals surface area contributed by atoms with Gasteiger partial charge in [-0.3, -0.25) is 10.1 Å². The zero-order chi connectivity index (χ0) is 23.9. The van der Waals surface area contributed by atoms with Gasteiger partial charge in [-0.05, 0) is 44.0 Å². The molecular formula is C23H20F3N7O. The molecule has 4 aromatic rings. The number of hydrogen-bond donors (Lipinski definition) is 1. The first-order valence-corrected chi connectivity index (χ1v) is 10.7. The number of imidazole rings is 1. The third-order valence-electron chi connectivity index (χ3n) is 5.67. The van der Waals surface area contributed by atoms with Gasteiger partial charge in [-0.2, -0.15) is 23.3 Å². The Morgan fingerprint density at radius 2 is 1.79 bits per heavy atom. The van der Waals surface area contributed by atoms with Crippen LogP contribution in [0.5, 0.6) is 0 Å². The van der Waals surface area contributed by atoms with Gasteiger partial charge in [0, 0.05) is 24.8 Å². The van der Waals surface area contributed by atoms with Crippen molar-refractivity contribution in [1.82, 2.24) is 24.6 Å². The van der Waals surface area contributed by atoms with Crippen LogP contribution in [0, 0.1) is 6.92 Å². The zero-order valence-corrected chi connectivity index (χ0v) is 18.2. The van der Waals surface area contributed by atoms with E-state index in [0.29, 0.717) is 11.3 Å². The number of fused-ring (bicyclic) bond motifs is 1. The molecule has 8 nitrogen and oxygen atoms in total.